The molecule has 3 rings (SSSR count). The van der Waals surface area contributed by atoms with E-state index in [9.17, 15) is 9.59 Å². The molecule has 0 spiro atoms. The molecule has 6 nitrogen and oxygen atoms in total. The Balaban J connectivity index is 1.81. The molecular weight excluding hydrogens is 406 g/mol. The lowest BCUT2D eigenvalue weighted by molar-refractivity contribution is 0.0520. The average molecular weight is 430 g/mol. The van der Waals surface area contributed by atoms with Crippen LogP contribution in [0.15, 0.2) is 51.7 Å². The molecule has 7 heteroatoms. The van der Waals surface area contributed by atoms with E-state index in [0.717, 1.165) is 5.56 Å². The molecule has 1 heterocycles. The summed E-state index contributed by atoms with van der Waals surface area (Å²) < 4.78 is 17.0. The molecule has 0 bridgehead atoms. The molecule has 0 saturated heterocycles. The Hall–Kier alpha value is -2.99. The quantitative estimate of drug-likeness (QED) is 0.555. The predicted molar refractivity (Wildman–Crippen MR) is 117 cm³/mol. The third-order valence-corrected chi connectivity index (χ3v) is 4.43. The number of ether oxygens (including phenoxy) is 2. The van der Waals surface area contributed by atoms with Crippen LogP contribution in [0, 0.1) is 6.92 Å². The van der Waals surface area contributed by atoms with Crippen LogP contribution in [0.2, 0.25) is 5.02 Å². The molecule has 0 aliphatic carbocycles. The number of benzene rings is 2. The highest BCUT2D eigenvalue weighted by Gasteiger charge is 2.16. The van der Waals surface area contributed by atoms with Gasteiger partial charge in [-0.2, -0.15) is 0 Å². The fourth-order valence-electron chi connectivity index (χ4n) is 2.86. The zero-order valence-electron chi connectivity index (χ0n) is 17.4. The van der Waals surface area contributed by atoms with Crippen LogP contribution in [0.4, 0.5) is 4.79 Å². The molecule has 2 aromatic carbocycles. The molecule has 0 aliphatic heterocycles. The van der Waals surface area contributed by atoms with Crippen LogP contribution >= 0.6 is 11.6 Å². The summed E-state index contributed by atoms with van der Waals surface area (Å²) in [5, 5.41) is 3.43. The molecule has 1 N–H and O–H groups in total. The summed E-state index contributed by atoms with van der Waals surface area (Å²) in [5.74, 6) is 0.895. The van der Waals surface area contributed by atoms with Crippen molar-refractivity contribution in [1.29, 1.82) is 0 Å². The zero-order valence-corrected chi connectivity index (χ0v) is 18.1. The van der Waals surface area contributed by atoms with Crippen LogP contribution in [0.3, 0.4) is 0 Å². The van der Waals surface area contributed by atoms with Gasteiger partial charge in [0.1, 0.15) is 23.7 Å². The van der Waals surface area contributed by atoms with E-state index < -0.39 is 11.7 Å². The van der Waals surface area contributed by atoms with Gasteiger partial charge in [0.05, 0.1) is 22.5 Å². The number of nitrogens with one attached hydrogen (secondary N) is 1. The van der Waals surface area contributed by atoms with E-state index in [1.54, 1.807) is 39.0 Å². The van der Waals surface area contributed by atoms with E-state index in [-0.39, 0.29) is 18.6 Å². The molecule has 30 heavy (non-hydrogen) atoms. The van der Waals surface area contributed by atoms with Crippen molar-refractivity contribution in [1.82, 2.24) is 5.32 Å². The van der Waals surface area contributed by atoms with Crippen LogP contribution < -0.4 is 15.5 Å². The second-order valence-corrected chi connectivity index (χ2v) is 8.28. The number of carbonyl (C=O) groups is 1. The summed E-state index contributed by atoms with van der Waals surface area (Å²) in [6.07, 6.45) is -0.509. The Labute approximate surface area is 179 Å². The van der Waals surface area contributed by atoms with E-state index in [0.29, 0.717) is 33.1 Å². The van der Waals surface area contributed by atoms with Gasteiger partial charge in [-0.05, 0) is 57.5 Å². The van der Waals surface area contributed by atoms with Crippen molar-refractivity contribution in [2.75, 3.05) is 13.2 Å². The maximum Gasteiger partial charge on any atom is 0.407 e. The molecule has 0 aliphatic rings. The number of hydrogen-bond donors (Lipinski definition) is 1. The van der Waals surface area contributed by atoms with E-state index >= 15 is 0 Å². The third kappa shape index (κ3) is 5.33. The predicted octanol–water partition coefficient (Wildman–Crippen LogP) is 5.33. The molecule has 0 unspecified atom stereocenters. The number of aryl methyl sites for hydroxylation is 1. The van der Waals surface area contributed by atoms with Gasteiger partial charge in [-0.3, -0.25) is 4.79 Å². The zero-order chi connectivity index (χ0) is 21.9. The SMILES string of the molecule is Cc1ccc(-c2cc(=O)c3cccc(Cl)c3o2)c(OCCNC(=O)OC(C)(C)C)c1. The summed E-state index contributed by atoms with van der Waals surface area (Å²) >= 11 is 6.22. The van der Waals surface area contributed by atoms with Crippen molar-refractivity contribution in [3.63, 3.8) is 0 Å². The van der Waals surface area contributed by atoms with Gasteiger partial charge in [0, 0.05) is 6.07 Å². The van der Waals surface area contributed by atoms with Crippen molar-refractivity contribution in [2.45, 2.75) is 33.3 Å². The van der Waals surface area contributed by atoms with Crippen LogP contribution in [0.1, 0.15) is 26.3 Å². The molecule has 3 aromatic rings. The minimum absolute atomic E-state index is 0.188. The Morgan fingerprint density at radius 1 is 1.17 bits per heavy atom. The number of para-hydroxylation sites is 1. The molecule has 0 atom stereocenters. The highest BCUT2D eigenvalue weighted by atomic mass is 35.5. The first kappa shape index (κ1) is 21.7. The smallest absolute Gasteiger partial charge is 0.407 e. The minimum Gasteiger partial charge on any atom is -0.491 e. The molecule has 158 valence electrons. The maximum absolute atomic E-state index is 12.5. The first-order chi connectivity index (χ1) is 14.1. The number of hydrogen-bond acceptors (Lipinski definition) is 5. The van der Waals surface area contributed by atoms with E-state index in [1.807, 2.05) is 25.1 Å². The van der Waals surface area contributed by atoms with Crippen LogP contribution in [-0.4, -0.2) is 24.8 Å². The van der Waals surface area contributed by atoms with Gasteiger partial charge in [-0.1, -0.05) is 23.7 Å². The number of amides is 1. The van der Waals surface area contributed by atoms with E-state index in [1.165, 1.54) is 6.07 Å². The number of halogens is 1. The van der Waals surface area contributed by atoms with Gasteiger partial charge < -0.3 is 19.2 Å². The molecule has 0 radical (unpaired) electrons. The number of carbonyl (C=O) groups excluding carboxylic acids is 1. The van der Waals surface area contributed by atoms with Gasteiger partial charge in [0.15, 0.2) is 11.0 Å². The highest BCUT2D eigenvalue weighted by Crippen LogP contribution is 2.33. The van der Waals surface area contributed by atoms with Gasteiger partial charge in [0.2, 0.25) is 0 Å². The number of fused-ring (bicyclic) bond motifs is 1. The van der Waals surface area contributed by atoms with E-state index in [2.05, 4.69) is 5.32 Å². The fraction of sp³-hybridized carbons (Fsp3) is 0.304. The lowest BCUT2D eigenvalue weighted by atomic mass is 10.1. The van der Waals surface area contributed by atoms with Crippen molar-refractivity contribution >= 4 is 28.7 Å². The molecular formula is C23H24ClNO5. The first-order valence-electron chi connectivity index (χ1n) is 9.57. The van der Waals surface area contributed by atoms with Crippen LogP contribution in [0.5, 0.6) is 5.75 Å². The Kier molecular flexibility index (Phi) is 6.37. The minimum atomic E-state index is -0.566. The Morgan fingerprint density at radius 3 is 2.67 bits per heavy atom. The summed E-state index contributed by atoms with van der Waals surface area (Å²) in [5.41, 5.74) is 1.18. The Bertz CT molecular complexity index is 1130. The van der Waals surface area contributed by atoms with Crippen molar-refractivity contribution in [3.8, 4) is 17.1 Å². The molecule has 0 fully saturated rings. The van der Waals surface area contributed by atoms with Gasteiger partial charge in [0.25, 0.3) is 0 Å². The second kappa shape index (κ2) is 8.79. The third-order valence-electron chi connectivity index (χ3n) is 4.14. The van der Waals surface area contributed by atoms with Crippen molar-refractivity contribution in [2.24, 2.45) is 0 Å². The fourth-order valence-corrected chi connectivity index (χ4v) is 3.07. The summed E-state index contributed by atoms with van der Waals surface area (Å²) in [6, 6.07) is 12.1. The normalized spacial score (nSPS) is 11.4. The lowest BCUT2D eigenvalue weighted by Crippen LogP contribution is -2.34. The highest BCUT2D eigenvalue weighted by molar-refractivity contribution is 6.34. The van der Waals surface area contributed by atoms with Crippen LogP contribution in [0.25, 0.3) is 22.3 Å². The topological polar surface area (TPSA) is 77.8 Å². The molecule has 1 aromatic heterocycles. The van der Waals surface area contributed by atoms with Crippen molar-refractivity contribution < 1.29 is 18.7 Å². The monoisotopic (exact) mass is 429 g/mol. The number of rotatable bonds is 5. The standard InChI is InChI=1S/C23H24ClNO5/c1-14-8-9-16(19(12-14)28-11-10-25-22(27)30-23(2,3)4)20-13-18(26)15-6-5-7-17(24)21(15)29-20/h5-9,12-13H,10-11H2,1-4H3,(H,25,27). The number of alkyl carbamates (subject to hydrolysis) is 1. The van der Waals surface area contributed by atoms with Gasteiger partial charge >= 0.3 is 6.09 Å². The van der Waals surface area contributed by atoms with Crippen molar-refractivity contribution in [3.05, 3.63) is 63.3 Å². The average Bonchev–Trinajstić information content (AvgIpc) is 2.65. The summed E-state index contributed by atoms with van der Waals surface area (Å²) in [6.45, 7) is 7.80. The van der Waals surface area contributed by atoms with Gasteiger partial charge in [-0.15, -0.1) is 0 Å². The summed E-state index contributed by atoms with van der Waals surface area (Å²) in [4.78, 5) is 24.3. The summed E-state index contributed by atoms with van der Waals surface area (Å²) in [7, 11) is 0. The lowest BCUT2D eigenvalue weighted by Gasteiger charge is -2.19. The largest absolute Gasteiger partial charge is 0.491 e. The second-order valence-electron chi connectivity index (χ2n) is 7.87. The van der Waals surface area contributed by atoms with Crippen LogP contribution in [-0.2, 0) is 4.74 Å². The van der Waals surface area contributed by atoms with E-state index in [4.69, 9.17) is 25.5 Å². The molecule has 0 saturated carbocycles. The first-order valence-corrected chi connectivity index (χ1v) is 9.95. The maximum atomic E-state index is 12.5. The molecule has 1 amide bonds. The Morgan fingerprint density at radius 2 is 1.93 bits per heavy atom. The van der Waals surface area contributed by atoms with Gasteiger partial charge in [-0.25, -0.2) is 4.79 Å².